The number of ether oxygens (including phenoxy) is 1. The lowest BCUT2D eigenvalue weighted by Gasteiger charge is -2.30. The molecule has 18 heavy (non-hydrogen) atoms. The van der Waals surface area contributed by atoms with Crippen LogP contribution >= 0.6 is 0 Å². The summed E-state index contributed by atoms with van der Waals surface area (Å²) < 4.78 is 6.06. The first kappa shape index (κ1) is 14.0. The lowest BCUT2D eigenvalue weighted by atomic mass is 9.85. The van der Waals surface area contributed by atoms with E-state index in [2.05, 4.69) is 4.90 Å². The second-order valence-corrected chi connectivity index (χ2v) is 6.31. The fourth-order valence-electron chi connectivity index (χ4n) is 3.29. The number of ketones is 1. The van der Waals surface area contributed by atoms with Crippen LogP contribution in [0.3, 0.4) is 0 Å². The Balaban J connectivity index is 1.73. The van der Waals surface area contributed by atoms with Crippen LogP contribution < -0.4 is 0 Å². The molecule has 0 amide bonds. The highest BCUT2D eigenvalue weighted by Gasteiger charge is 2.30. The van der Waals surface area contributed by atoms with Crippen molar-refractivity contribution in [1.82, 2.24) is 4.90 Å². The average Bonchev–Trinajstić information content (AvgIpc) is 2.82. The molecule has 2 fully saturated rings. The highest BCUT2D eigenvalue weighted by Crippen LogP contribution is 2.28. The number of nitrogens with zero attached hydrogens (tertiary/aromatic N) is 1. The fourth-order valence-corrected chi connectivity index (χ4v) is 3.29. The van der Waals surface area contributed by atoms with E-state index in [0.29, 0.717) is 18.3 Å². The van der Waals surface area contributed by atoms with Gasteiger partial charge in [0.15, 0.2) is 0 Å². The van der Waals surface area contributed by atoms with E-state index in [4.69, 9.17) is 4.74 Å². The second-order valence-electron chi connectivity index (χ2n) is 6.31. The number of Topliss-reactive ketones (excluding diaryl/α,β-unsaturated/α-hetero) is 1. The number of carbonyl (C=O) groups excluding carboxylic acids is 1. The number of carbonyl (C=O) groups is 1. The van der Waals surface area contributed by atoms with Crippen molar-refractivity contribution in [1.29, 1.82) is 0 Å². The van der Waals surface area contributed by atoms with Crippen LogP contribution in [0.5, 0.6) is 0 Å². The Kier molecular flexibility index (Phi) is 5.19. The van der Waals surface area contributed by atoms with Gasteiger partial charge in [-0.3, -0.25) is 4.79 Å². The van der Waals surface area contributed by atoms with Gasteiger partial charge in [-0.2, -0.15) is 0 Å². The first-order valence-electron chi connectivity index (χ1n) is 7.44. The maximum absolute atomic E-state index is 11.9. The van der Waals surface area contributed by atoms with E-state index >= 15 is 0 Å². The van der Waals surface area contributed by atoms with Crippen molar-refractivity contribution in [3.8, 4) is 0 Å². The van der Waals surface area contributed by atoms with Gasteiger partial charge >= 0.3 is 0 Å². The van der Waals surface area contributed by atoms with Crippen LogP contribution in [0.1, 0.15) is 44.9 Å². The van der Waals surface area contributed by atoms with Crippen LogP contribution in [0.2, 0.25) is 0 Å². The van der Waals surface area contributed by atoms with E-state index in [1.807, 2.05) is 14.1 Å². The standard InChI is InChI=1S/C15H27NO2/c1-16(2)10-13-9-14(7-8-15(13)17)18-11-12-5-3-4-6-12/h12-14H,3-11H2,1-2H3. The van der Waals surface area contributed by atoms with E-state index in [1.54, 1.807) is 0 Å². The summed E-state index contributed by atoms with van der Waals surface area (Å²) >= 11 is 0. The molecule has 104 valence electrons. The van der Waals surface area contributed by atoms with E-state index in [0.717, 1.165) is 31.9 Å². The summed E-state index contributed by atoms with van der Waals surface area (Å²) in [6.07, 6.45) is 8.35. The van der Waals surface area contributed by atoms with Crippen molar-refractivity contribution in [2.45, 2.75) is 51.0 Å². The molecule has 0 aromatic rings. The Hall–Kier alpha value is -0.410. The molecule has 0 saturated heterocycles. The Morgan fingerprint density at radius 3 is 2.61 bits per heavy atom. The van der Waals surface area contributed by atoms with Gasteiger partial charge in [-0.05, 0) is 45.7 Å². The first-order chi connectivity index (χ1) is 8.65. The third kappa shape index (κ3) is 4.06. The van der Waals surface area contributed by atoms with Gasteiger partial charge in [-0.25, -0.2) is 0 Å². The molecule has 2 aliphatic rings. The van der Waals surface area contributed by atoms with Crippen molar-refractivity contribution in [2.75, 3.05) is 27.2 Å². The molecule has 0 aromatic carbocycles. The molecule has 0 bridgehead atoms. The van der Waals surface area contributed by atoms with Crippen LogP contribution in [-0.4, -0.2) is 44.0 Å². The monoisotopic (exact) mass is 253 g/mol. The number of hydrogen-bond acceptors (Lipinski definition) is 3. The van der Waals surface area contributed by atoms with Crippen molar-refractivity contribution >= 4 is 5.78 Å². The van der Waals surface area contributed by atoms with Crippen molar-refractivity contribution < 1.29 is 9.53 Å². The predicted molar refractivity (Wildman–Crippen MR) is 72.6 cm³/mol. The maximum atomic E-state index is 11.9. The number of rotatable bonds is 5. The zero-order valence-electron chi connectivity index (χ0n) is 11.9. The summed E-state index contributed by atoms with van der Waals surface area (Å²) in [5.74, 6) is 1.42. The summed E-state index contributed by atoms with van der Waals surface area (Å²) in [4.78, 5) is 14.0. The molecule has 3 nitrogen and oxygen atoms in total. The van der Waals surface area contributed by atoms with E-state index < -0.39 is 0 Å². The zero-order chi connectivity index (χ0) is 13.0. The van der Waals surface area contributed by atoms with Gasteiger partial charge in [0.1, 0.15) is 5.78 Å². The van der Waals surface area contributed by atoms with Gasteiger partial charge in [-0.1, -0.05) is 12.8 Å². The van der Waals surface area contributed by atoms with E-state index in [9.17, 15) is 4.79 Å². The third-order valence-electron chi connectivity index (χ3n) is 4.34. The molecular formula is C15H27NO2. The normalized spacial score (nSPS) is 30.3. The summed E-state index contributed by atoms with van der Waals surface area (Å²) in [7, 11) is 4.08. The number of hydrogen-bond donors (Lipinski definition) is 0. The minimum absolute atomic E-state index is 0.197. The lowest BCUT2D eigenvalue weighted by molar-refractivity contribution is -0.129. The molecule has 2 aliphatic carbocycles. The summed E-state index contributed by atoms with van der Waals surface area (Å²) in [6.45, 7) is 1.80. The van der Waals surface area contributed by atoms with Crippen LogP contribution in [0.15, 0.2) is 0 Å². The Morgan fingerprint density at radius 1 is 1.22 bits per heavy atom. The summed E-state index contributed by atoms with van der Waals surface area (Å²) in [5.41, 5.74) is 0. The smallest absolute Gasteiger partial charge is 0.137 e. The van der Waals surface area contributed by atoms with Gasteiger partial charge in [0, 0.05) is 25.5 Å². The molecule has 3 heteroatoms. The molecule has 2 saturated carbocycles. The third-order valence-corrected chi connectivity index (χ3v) is 4.34. The first-order valence-corrected chi connectivity index (χ1v) is 7.44. The van der Waals surface area contributed by atoms with Gasteiger partial charge in [0.25, 0.3) is 0 Å². The molecule has 0 N–H and O–H groups in total. The SMILES string of the molecule is CN(C)CC1CC(OCC2CCCC2)CCC1=O. The molecule has 2 unspecified atom stereocenters. The van der Waals surface area contributed by atoms with E-state index in [1.165, 1.54) is 25.7 Å². The maximum Gasteiger partial charge on any atom is 0.137 e. The van der Waals surface area contributed by atoms with Crippen molar-refractivity contribution in [3.63, 3.8) is 0 Å². The quantitative estimate of drug-likeness (QED) is 0.754. The minimum atomic E-state index is 0.197. The summed E-state index contributed by atoms with van der Waals surface area (Å²) in [6, 6.07) is 0. The molecule has 2 rings (SSSR count). The highest BCUT2D eigenvalue weighted by molar-refractivity contribution is 5.82. The molecule has 0 heterocycles. The lowest BCUT2D eigenvalue weighted by Crippen LogP contribution is -2.36. The Morgan fingerprint density at radius 2 is 1.94 bits per heavy atom. The molecule has 0 aliphatic heterocycles. The van der Waals surface area contributed by atoms with Crippen molar-refractivity contribution in [2.24, 2.45) is 11.8 Å². The van der Waals surface area contributed by atoms with Crippen LogP contribution in [0.25, 0.3) is 0 Å². The fraction of sp³-hybridized carbons (Fsp3) is 0.933. The van der Waals surface area contributed by atoms with Crippen LogP contribution in [0, 0.1) is 11.8 Å². The van der Waals surface area contributed by atoms with Crippen LogP contribution in [0.4, 0.5) is 0 Å². The zero-order valence-corrected chi connectivity index (χ0v) is 11.9. The Labute approximate surface area is 111 Å². The van der Waals surface area contributed by atoms with Crippen molar-refractivity contribution in [3.05, 3.63) is 0 Å². The molecule has 0 aromatic heterocycles. The van der Waals surface area contributed by atoms with Gasteiger partial charge < -0.3 is 9.64 Å². The van der Waals surface area contributed by atoms with Gasteiger partial charge in [-0.15, -0.1) is 0 Å². The molecular weight excluding hydrogens is 226 g/mol. The van der Waals surface area contributed by atoms with Crippen LogP contribution in [-0.2, 0) is 9.53 Å². The Bertz CT molecular complexity index is 272. The average molecular weight is 253 g/mol. The van der Waals surface area contributed by atoms with E-state index in [-0.39, 0.29) is 5.92 Å². The molecule has 0 spiro atoms. The van der Waals surface area contributed by atoms with Gasteiger partial charge in [0.05, 0.1) is 6.10 Å². The molecule has 2 atom stereocenters. The largest absolute Gasteiger partial charge is 0.378 e. The second kappa shape index (κ2) is 6.67. The highest BCUT2D eigenvalue weighted by atomic mass is 16.5. The topological polar surface area (TPSA) is 29.5 Å². The van der Waals surface area contributed by atoms with Gasteiger partial charge in [0.2, 0.25) is 0 Å². The molecule has 0 radical (unpaired) electrons. The summed E-state index contributed by atoms with van der Waals surface area (Å²) in [5, 5.41) is 0. The minimum Gasteiger partial charge on any atom is -0.378 e. The predicted octanol–water partition coefficient (Wildman–Crippen LogP) is 2.49.